The van der Waals surface area contributed by atoms with Crippen LogP contribution in [0.2, 0.25) is 0 Å². The number of aromatic nitrogens is 1. The fourth-order valence-corrected chi connectivity index (χ4v) is 3.80. The number of hydrogen-bond acceptors (Lipinski definition) is 6. The number of aromatic carboxylic acids is 1. The highest BCUT2D eigenvalue weighted by Gasteiger charge is 2.36. The number of thiocarbonyl (C=S) groups is 1. The summed E-state index contributed by atoms with van der Waals surface area (Å²) >= 11 is 5.27. The van der Waals surface area contributed by atoms with Gasteiger partial charge in [0.1, 0.15) is 17.1 Å². The van der Waals surface area contributed by atoms with Gasteiger partial charge in [-0.25, -0.2) is 9.69 Å². The number of rotatable bonds is 6. The second-order valence-corrected chi connectivity index (χ2v) is 7.54. The number of carboxylic acids is 1. The third-order valence-electron chi connectivity index (χ3n) is 5.17. The number of amides is 2. The van der Waals surface area contributed by atoms with E-state index in [9.17, 15) is 19.5 Å². The van der Waals surface area contributed by atoms with E-state index in [4.69, 9.17) is 21.7 Å². The predicted molar refractivity (Wildman–Crippen MR) is 128 cm³/mol. The van der Waals surface area contributed by atoms with Gasteiger partial charge in [0, 0.05) is 23.6 Å². The monoisotopic (exact) mass is 477 g/mol. The lowest BCUT2D eigenvalue weighted by atomic mass is 10.1. The van der Waals surface area contributed by atoms with Gasteiger partial charge in [0.15, 0.2) is 5.11 Å². The number of ether oxygens (including phenoxy) is 2. The molecule has 0 spiro atoms. The topological polar surface area (TPSA) is 110 Å². The molecule has 0 aliphatic carbocycles. The van der Waals surface area contributed by atoms with Crippen molar-refractivity contribution in [2.24, 2.45) is 0 Å². The third kappa shape index (κ3) is 4.14. The first-order chi connectivity index (χ1) is 16.3. The molecule has 1 aromatic heterocycles. The molecule has 2 N–H and O–H groups in total. The molecule has 0 saturated carbocycles. The van der Waals surface area contributed by atoms with Gasteiger partial charge in [-0.15, -0.1) is 0 Å². The van der Waals surface area contributed by atoms with Crippen molar-refractivity contribution in [1.29, 1.82) is 0 Å². The van der Waals surface area contributed by atoms with E-state index in [1.807, 2.05) is 0 Å². The van der Waals surface area contributed by atoms with E-state index < -0.39 is 17.8 Å². The Morgan fingerprint density at radius 3 is 2.56 bits per heavy atom. The average Bonchev–Trinajstić information content (AvgIpc) is 3.30. The first-order valence-electron chi connectivity index (χ1n) is 9.98. The van der Waals surface area contributed by atoms with Crippen LogP contribution >= 0.6 is 12.2 Å². The average molecular weight is 477 g/mol. The van der Waals surface area contributed by atoms with Crippen LogP contribution in [0.15, 0.2) is 66.4 Å². The summed E-state index contributed by atoms with van der Waals surface area (Å²) in [4.78, 5) is 38.7. The molecule has 1 aliphatic rings. The molecular weight excluding hydrogens is 458 g/mol. The zero-order valence-electron chi connectivity index (χ0n) is 18.1. The maximum absolute atomic E-state index is 13.4. The van der Waals surface area contributed by atoms with Crippen molar-refractivity contribution in [2.75, 3.05) is 19.1 Å². The Bertz CT molecular complexity index is 1360. The number of anilines is 1. The van der Waals surface area contributed by atoms with Gasteiger partial charge >= 0.3 is 5.97 Å². The number of benzene rings is 2. The van der Waals surface area contributed by atoms with E-state index in [0.29, 0.717) is 28.6 Å². The Hall–Kier alpha value is -4.44. The molecule has 2 amide bonds. The van der Waals surface area contributed by atoms with Gasteiger partial charge in [-0.05, 0) is 60.8 Å². The minimum absolute atomic E-state index is 0.0832. The maximum Gasteiger partial charge on any atom is 0.335 e. The van der Waals surface area contributed by atoms with Gasteiger partial charge in [0.05, 0.1) is 25.5 Å². The van der Waals surface area contributed by atoms with Crippen LogP contribution in [0.1, 0.15) is 16.1 Å². The van der Waals surface area contributed by atoms with E-state index in [2.05, 4.69) is 5.32 Å². The lowest BCUT2D eigenvalue weighted by Gasteiger charge is -2.30. The van der Waals surface area contributed by atoms with Crippen molar-refractivity contribution in [1.82, 2.24) is 9.88 Å². The Labute approximate surface area is 199 Å². The summed E-state index contributed by atoms with van der Waals surface area (Å²) in [5.74, 6) is -1.49. The fourth-order valence-electron chi connectivity index (χ4n) is 3.53. The van der Waals surface area contributed by atoms with Crippen molar-refractivity contribution >= 4 is 46.9 Å². The number of nitrogens with zero attached hydrogens (tertiary/aromatic N) is 2. The zero-order valence-corrected chi connectivity index (χ0v) is 19.0. The Morgan fingerprint density at radius 1 is 1.06 bits per heavy atom. The lowest BCUT2D eigenvalue weighted by Crippen LogP contribution is -2.54. The molecular formula is C24H19N3O6S. The zero-order chi connectivity index (χ0) is 24.4. The SMILES string of the molecule is COc1ccc(N2C(=O)/C(=C\c3cccn3-c3cccc(C(=O)O)c3)C(=O)NC2=S)c(OC)c1. The van der Waals surface area contributed by atoms with Crippen LogP contribution in [-0.4, -0.2) is 46.8 Å². The van der Waals surface area contributed by atoms with Crippen molar-refractivity contribution in [2.45, 2.75) is 0 Å². The van der Waals surface area contributed by atoms with E-state index in [0.717, 1.165) is 0 Å². The van der Waals surface area contributed by atoms with Gasteiger partial charge in [0.25, 0.3) is 11.8 Å². The molecule has 4 rings (SSSR count). The van der Waals surface area contributed by atoms with Crippen LogP contribution < -0.4 is 19.7 Å². The van der Waals surface area contributed by atoms with E-state index in [-0.39, 0.29) is 16.2 Å². The third-order valence-corrected chi connectivity index (χ3v) is 5.46. The van der Waals surface area contributed by atoms with Crippen molar-refractivity contribution in [3.05, 3.63) is 77.6 Å². The summed E-state index contributed by atoms with van der Waals surface area (Å²) in [5.41, 5.74) is 1.36. The maximum atomic E-state index is 13.4. The molecule has 0 unspecified atom stereocenters. The van der Waals surface area contributed by atoms with Gasteiger partial charge in [-0.1, -0.05) is 6.07 Å². The van der Waals surface area contributed by atoms with Gasteiger partial charge in [0.2, 0.25) is 0 Å². The van der Waals surface area contributed by atoms with Crippen molar-refractivity contribution in [3.63, 3.8) is 0 Å². The molecule has 34 heavy (non-hydrogen) atoms. The molecule has 0 atom stereocenters. The standard InChI is InChI=1S/C24H19N3O6S/c1-32-17-8-9-19(20(13-17)33-2)27-22(29)18(21(28)25-24(27)34)12-16-7-4-10-26(16)15-6-3-5-14(11-15)23(30)31/h3-13H,1-2H3,(H,30,31)(H,25,28,34)/b18-12-. The first-order valence-corrected chi connectivity index (χ1v) is 10.4. The Kier molecular flexibility index (Phi) is 6.15. The van der Waals surface area contributed by atoms with Crippen molar-refractivity contribution < 1.29 is 29.0 Å². The number of hydrogen-bond donors (Lipinski definition) is 2. The number of methoxy groups -OCH3 is 2. The second kappa shape index (κ2) is 9.20. The highest BCUT2D eigenvalue weighted by molar-refractivity contribution is 7.80. The summed E-state index contributed by atoms with van der Waals surface area (Å²) in [6.45, 7) is 0. The van der Waals surface area contributed by atoms with Gasteiger partial charge in [-0.3, -0.25) is 14.9 Å². The van der Waals surface area contributed by atoms with Crippen molar-refractivity contribution in [3.8, 4) is 17.2 Å². The largest absolute Gasteiger partial charge is 0.497 e. The molecule has 1 aliphatic heterocycles. The van der Waals surface area contributed by atoms with E-state index >= 15 is 0 Å². The van der Waals surface area contributed by atoms with E-state index in [1.54, 1.807) is 53.2 Å². The summed E-state index contributed by atoms with van der Waals surface area (Å²) in [7, 11) is 2.96. The fraction of sp³-hybridized carbons (Fsp3) is 0.0833. The Morgan fingerprint density at radius 2 is 1.85 bits per heavy atom. The molecule has 0 bridgehead atoms. The highest BCUT2D eigenvalue weighted by atomic mass is 32.1. The normalized spacial score (nSPS) is 14.8. The minimum atomic E-state index is -1.06. The molecule has 172 valence electrons. The number of nitrogens with one attached hydrogen (secondary N) is 1. The molecule has 9 nitrogen and oxygen atoms in total. The smallest absolute Gasteiger partial charge is 0.335 e. The summed E-state index contributed by atoms with van der Waals surface area (Å²) in [5, 5.41) is 11.7. The van der Waals surface area contributed by atoms with Crippen LogP contribution in [0.4, 0.5) is 5.69 Å². The highest BCUT2D eigenvalue weighted by Crippen LogP contribution is 2.34. The lowest BCUT2D eigenvalue weighted by molar-refractivity contribution is -0.122. The number of carbonyl (C=O) groups is 3. The number of carbonyl (C=O) groups excluding carboxylic acids is 2. The minimum Gasteiger partial charge on any atom is -0.497 e. The van der Waals surface area contributed by atoms with Crippen LogP contribution in [0.5, 0.6) is 11.5 Å². The quantitative estimate of drug-likeness (QED) is 0.319. The van der Waals surface area contributed by atoms with Crippen LogP contribution in [-0.2, 0) is 9.59 Å². The summed E-state index contributed by atoms with van der Waals surface area (Å²) in [6, 6.07) is 14.6. The molecule has 2 aromatic carbocycles. The van der Waals surface area contributed by atoms with Gasteiger partial charge in [-0.2, -0.15) is 0 Å². The first kappa shape index (κ1) is 22.7. The molecule has 0 radical (unpaired) electrons. The van der Waals surface area contributed by atoms with Crippen LogP contribution in [0, 0.1) is 0 Å². The molecule has 2 heterocycles. The van der Waals surface area contributed by atoms with E-state index in [1.165, 1.54) is 37.3 Å². The Balaban J connectivity index is 1.76. The molecule has 1 fully saturated rings. The molecule has 1 saturated heterocycles. The van der Waals surface area contributed by atoms with Gasteiger partial charge < -0.3 is 19.1 Å². The molecule has 3 aromatic rings. The summed E-state index contributed by atoms with van der Waals surface area (Å²) in [6.07, 6.45) is 3.13. The van der Waals surface area contributed by atoms with Crippen LogP contribution in [0.3, 0.4) is 0 Å². The predicted octanol–water partition coefficient (Wildman–Crippen LogP) is 3.02. The molecule has 10 heteroatoms. The van der Waals surface area contributed by atoms with Crippen LogP contribution in [0.25, 0.3) is 11.8 Å². The number of carboxylic acid groups (broad SMARTS) is 1. The summed E-state index contributed by atoms with van der Waals surface area (Å²) < 4.78 is 12.3. The second-order valence-electron chi connectivity index (χ2n) is 7.15.